The van der Waals surface area contributed by atoms with Gasteiger partial charge in [0.2, 0.25) is 0 Å². The zero-order valence-corrected chi connectivity index (χ0v) is 24.3. The number of allylic oxidation sites excluding steroid dienone is 2. The molecule has 1 atom stereocenters. The zero-order chi connectivity index (χ0) is 29.9. The maximum atomic E-state index is 14.1. The van der Waals surface area contributed by atoms with Gasteiger partial charge in [0.25, 0.3) is 0 Å². The van der Waals surface area contributed by atoms with Crippen LogP contribution in [0.15, 0.2) is 133 Å². The molecule has 6 aromatic rings. The normalized spacial score (nSPS) is 16.9. The first-order valence-electron chi connectivity index (χ1n) is 14.7. The summed E-state index contributed by atoms with van der Waals surface area (Å²) in [6, 6.07) is 27.8. The minimum Gasteiger partial charge on any atom is -0.289 e. The Labute approximate surface area is 255 Å². The second kappa shape index (κ2) is 11.9. The van der Waals surface area contributed by atoms with E-state index in [4.69, 9.17) is 10.2 Å². The van der Waals surface area contributed by atoms with Gasteiger partial charge in [-0.1, -0.05) is 43.3 Å². The number of nitrogens with zero attached hydrogens (tertiary/aromatic N) is 6. The van der Waals surface area contributed by atoms with Crippen LogP contribution in [-0.4, -0.2) is 35.3 Å². The van der Waals surface area contributed by atoms with Gasteiger partial charge in [0.1, 0.15) is 11.4 Å². The third-order valence-electron chi connectivity index (χ3n) is 7.78. The zero-order valence-electron chi connectivity index (χ0n) is 24.3. The van der Waals surface area contributed by atoms with E-state index in [0.717, 1.165) is 56.2 Å². The number of benzene rings is 2. The van der Waals surface area contributed by atoms with Crippen molar-refractivity contribution in [3.63, 3.8) is 0 Å². The fourth-order valence-electron chi connectivity index (χ4n) is 5.71. The van der Waals surface area contributed by atoms with Crippen molar-refractivity contribution in [2.45, 2.75) is 19.8 Å². The Bertz CT molecular complexity index is 1830. The van der Waals surface area contributed by atoms with Gasteiger partial charge in [-0.25, -0.2) is 9.36 Å². The van der Waals surface area contributed by atoms with E-state index in [1.807, 2.05) is 119 Å². The third-order valence-corrected chi connectivity index (χ3v) is 7.78. The van der Waals surface area contributed by atoms with Crippen LogP contribution in [-0.2, 0) is 4.79 Å². The monoisotopic (exact) mass is 574 g/mol. The molecule has 1 aliphatic carbocycles. The second-order valence-electron chi connectivity index (χ2n) is 11.1. The Morgan fingerprint density at radius 2 is 1.09 bits per heavy atom. The summed E-state index contributed by atoms with van der Waals surface area (Å²) in [5.74, 6) is 0.347. The van der Waals surface area contributed by atoms with Crippen molar-refractivity contribution in [3.8, 4) is 33.9 Å². The first-order valence-corrected chi connectivity index (χ1v) is 14.7. The van der Waals surface area contributed by atoms with Gasteiger partial charge in [0.05, 0.1) is 11.4 Å². The van der Waals surface area contributed by atoms with E-state index in [9.17, 15) is 4.79 Å². The maximum absolute atomic E-state index is 14.1. The summed E-state index contributed by atoms with van der Waals surface area (Å²) in [5.41, 5.74) is 8.57. The van der Waals surface area contributed by atoms with Crippen LogP contribution in [0.25, 0.3) is 46.0 Å². The van der Waals surface area contributed by atoms with Gasteiger partial charge >= 0.3 is 0 Å². The molecule has 7 nitrogen and oxygen atoms in total. The molecule has 4 aromatic heterocycles. The number of aromatic nitrogens is 6. The highest BCUT2D eigenvalue weighted by molar-refractivity contribution is 6.14. The molecule has 4 heterocycles. The highest BCUT2D eigenvalue weighted by Gasteiger charge is 2.27. The van der Waals surface area contributed by atoms with Crippen LogP contribution in [0, 0.1) is 5.92 Å². The molecule has 7 heteroatoms. The molecule has 1 fully saturated rings. The molecule has 2 aromatic carbocycles. The van der Waals surface area contributed by atoms with E-state index in [-0.39, 0.29) is 5.78 Å². The molecule has 44 heavy (non-hydrogen) atoms. The van der Waals surface area contributed by atoms with Crippen LogP contribution in [0.5, 0.6) is 0 Å². The molecule has 7 rings (SSSR count). The number of carbonyl (C=O) groups is 1. The molecular formula is C37H30N6O. The molecule has 0 bridgehead atoms. The Balaban J connectivity index is 1.30. The van der Waals surface area contributed by atoms with Crippen molar-refractivity contribution in [1.29, 1.82) is 0 Å². The van der Waals surface area contributed by atoms with Crippen molar-refractivity contribution in [2.24, 2.45) is 5.92 Å². The molecule has 0 saturated heterocycles. The number of para-hydroxylation sites is 2. The van der Waals surface area contributed by atoms with Crippen LogP contribution in [0.2, 0.25) is 0 Å². The van der Waals surface area contributed by atoms with Crippen molar-refractivity contribution in [1.82, 2.24) is 29.5 Å². The minimum atomic E-state index is 0.0531. The number of ketones is 1. The second-order valence-corrected chi connectivity index (χ2v) is 11.1. The molecule has 1 aliphatic rings. The molecule has 0 spiro atoms. The summed E-state index contributed by atoms with van der Waals surface area (Å²) in [6.07, 6.45) is 16.5. The van der Waals surface area contributed by atoms with E-state index < -0.39 is 0 Å². The Hall–Kier alpha value is -5.69. The van der Waals surface area contributed by atoms with Crippen molar-refractivity contribution >= 4 is 17.9 Å². The van der Waals surface area contributed by atoms with Crippen LogP contribution >= 0.6 is 0 Å². The predicted molar refractivity (Wildman–Crippen MR) is 173 cm³/mol. The fourth-order valence-corrected chi connectivity index (χ4v) is 5.71. The quantitative estimate of drug-likeness (QED) is 0.191. The number of rotatable bonds is 6. The third kappa shape index (κ3) is 5.55. The molecule has 1 saturated carbocycles. The van der Waals surface area contributed by atoms with Crippen LogP contribution in [0.4, 0.5) is 0 Å². The van der Waals surface area contributed by atoms with Crippen LogP contribution in [0.3, 0.4) is 0 Å². The number of Topliss-reactive ketones (excluding diaryl/α,β-unsaturated/α-hetero) is 1. The molecule has 1 unspecified atom stereocenters. The Kier molecular flexibility index (Phi) is 7.34. The summed E-state index contributed by atoms with van der Waals surface area (Å²) in [7, 11) is 0. The highest BCUT2D eigenvalue weighted by atomic mass is 16.1. The van der Waals surface area contributed by atoms with Gasteiger partial charge in [0, 0.05) is 70.6 Å². The summed E-state index contributed by atoms with van der Waals surface area (Å²) in [5, 5.41) is 9.83. The van der Waals surface area contributed by atoms with Crippen LogP contribution < -0.4 is 0 Å². The first kappa shape index (κ1) is 27.2. The standard InChI is InChI=1S/C37H30N6O/c1-26-18-29(20-31-24-42(33-12-4-2-5-13-33)40-35(31)27-10-8-16-38-22-27)37(44)30(19-26)21-32-25-43(34-14-6-3-7-15-34)41-36(32)28-11-9-17-39-23-28/h2-17,20-26H,18-19H2,1H3/b29-20-,30-21?. The van der Waals surface area contributed by atoms with E-state index in [0.29, 0.717) is 18.8 Å². The number of carbonyl (C=O) groups excluding carboxylic acids is 1. The lowest BCUT2D eigenvalue weighted by molar-refractivity contribution is -0.113. The van der Waals surface area contributed by atoms with Gasteiger partial charge in [-0.3, -0.25) is 14.8 Å². The molecular weight excluding hydrogens is 544 g/mol. The van der Waals surface area contributed by atoms with Crippen molar-refractivity contribution < 1.29 is 4.79 Å². The first-order chi connectivity index (χ1) is 21.6. The number of pyridine rings is 2. The van der Waals surface area contributed by atoms with Gasteiger partial charge in [-0.15, -0.1) is 0 Å². The lowest BCUT2D eigenvalue weighted by atomic mass is 9.80. The average Bonchev–Trinajstić information content (AvgIpc) is 3.70. The molecule has 0 radical (unpaired) electrons. The average molecular weight is 575 g/mol. The maximum Gasteiger partial charge on any atom is 0.185 e. The summed E-state index contributed by atoms with van der Waals surface area (Å²) < 4.78 is 3.72. The fraction of sp³-hybridized carbons (Fsp3) is 0.108. The molecule has 0 aliphatic heterocycles. The largest absolute Gasteiger partial charge is 0.289 e. The van der Waals surface area contributed by atoms with Gasteiger partial charge in [-0.05, 0) is 79.4 Å². The Morgan fingerprint density at radius 1 is 0.636 bits per heavy atom. The molecule has 214 valence electrons. The predicted octanol–water partition coefficient (Wildman–Crippen LogP) is 7.65. The van der Waals surface area contributed by atoms with E-state index in [1.54, 1.807) is 24.8 Å². The summed E-state index contributed by atoms with van der Waals surface area (Å²) in [4.78, 5) is 22.7. The SMILES string of the molecule is CC1CC(=Cc2cn(-c3ccccc3)nc2-c2cccnc2)C(=O)/C(=C\c2cn(-c3ccccc3)nc2-c2cccnc2)C1. The minimum absolute atomic E-state index is 0.0531. The van der Waals surface area contributed by atoms with Crippen LogP contribution in [0.1, 0.15) is 30.9 Å². The van der Waals surface area contributed by atoms with Crippen molar-refractivity contribution in [3.05, 3.63) is 144 Å². The smallest absolute Gasteiger partial charge is 0.185 e. The van der Waals surface area contributed by atoms with E-state index in [1.165, 1.54) is 0 Å². The highest BCUT2D eigenvalue weighted by Crippen LogP contribution is 2.35. The van der Waals surface area contributed by atoms with Gasteiger partial charge in [0.15, 0.2) is 5.78 Å². The number of hydrogen-bond acceptors (Lipinski definition) is 5. The number of hydrogen-bond donors (Lipinski definition) is 0. The van der Waals surface area contributed by atoms with Gasteiger partial charge < -0.3 is 0 Å². The molecule has 0 N–H and O–H groups in total. The Morgan fingerprint density at radius 3 is 1.50 bits per heavy atom. The lowest BCUT2D eigenvalue weighted by Gasteiger charge is -2.22. The van der Waals surface area contributed by atoms with Crippen molar-refractivity contribution in [2.75, 3.05) is 0 Å². The summed E-state index contributed by atoms with van der Waals surface area (Å²) >= 11 is 0. The molecule has 0 amide bonds. The van der Waals surface area contributed by atoms with E-state index >= 15 is 0 Å². The summed E-state index contributed by atoms with van der Waals surface area (Å²) in [6.45, 7) is 2.19. The lowest BCUT2D eigenvalue weighted by Crippen LogP contribution is -2.18. The van der Waals surface area contributed by atoms with Gasteiger partial charge in [-0.2, -0.15) is 10.2 Å². The van der Waals surface area contributed by atoms with E-state index in [2.05, 4.69) is 16.9 Å². The topological polar surface area (TPSA) is 78.5 Å².